The lowest BCUT2D eigenvalue weighted by Crippen LogP contribution is -2.01. The molecule has 1 aromatic heterocycles. The lowest BCUT2D eigenvalue weighted by atomic mass is 9.98. The maximum Gasteiger partial charge on any atom is 0.225 e. The van der Waals surface area contributed by atoms with Gasteiger partial charge in [0, 0.05) is 5.56 Å². The van der Waals surface area contributed by atoms with Gasteiger partial charge in [-0.1, -0.05) is 32.9 Å². The highest BCUT2D eigenvalue weighted by molar-refractivity contribution is 5.41. The molecule has 0 aliphatic rings. The van der Waals surface area contributed by atoms with Crippen LogP contribution in [0.1, 0.15) is 44.9 Å². The highest BCUT2D eigenvalue weighted by Gasteiger charge is 2.17. The van der Waals surface area contributed by atoms with Crippen LogP contribution in [0.15, 0.2) is 4.52 Å². The Hall–Kier alpha value is -0.990. The molecule has 0 saturated heterocycles. The van der Waals surface area contributed by atoms with Gasteiger partial charge < -0.3 is 10.3 Å². The maximum absolute atomic E-state index is 5.69. The molecule has 1 rings (SSSR count). The van der Waals surface area contributed by atoms with Crippen molar-refractivity contribution in [1.82, 2.24) is 5.16 Å². The average Bonchev–Trinajstić information content (AvgIpc) is 2.30. The molecule has 0 fully saturated rings. The number of nitrogens with two attached hydrogens (primary N) is 1. The Labute approximate surface area is 79.3 Å². The molecule has 0 aliphatic heterocycles. The number of rotatable bonds is 3. The van der Waals surface area contributed by atoms with Gasteiger partial charge in [-0.15, -0.1) is 0 Å². The third-order valence-corrected chi connectivity index (χ3v) is 2.01. The van der Waals surface area contributed by atoms with Crippen molar-refractivity contribution in [1.29, 1.82) is 0 Å². The molecule has 0 unspecified atom stereocenters. The quantitative estimate of drug-likeness (QED) is 0.781. The number of hydrogen-bond acceptors (Lipinski definition) is 3. The van der Waals surface area contributed by atoms with E-state index >= 15 is 0 Å². The van der Waals surface area contributed by atoms with Gasteiger partial charge in [-0.05, 0) is 18.3 Å². The van der Waals surface area contributed by atoms with Crippen molar-refractivity contribution < 1.29 is 4.52 Å². The van der Waals surface area contributed by atoms with Crippen molar-refractivity contribution in [2.75, 3.05) is 5.73 Å². The Kier molecular flexibility index (Phi) is 2.96. The molecule has 0 saturated carbocycles. The molecule has 2 N–H and O–H groups in total. The molecule has 1 aromatic rings. The van der Waals surface area contributed by atoms with Crippen LogP contribution in [0.4, 0.5) is 5.88 Å². The molecule has 0 bridgehead atoms. The van der Waals surface area contributed by atoms with Crippen LogP contribution >= 0.6 is 0 Å². The first-order chi connectivity index (χ1) is 6.02. The van der Waals surface area contributed by atoms with Gasteiger partial charge in [-0.25, -0.2) is 0 Å². The number of nitrogen functional groups attached to an aromatic ring is 1. The molecule has 0 aliphatic carbocycles. The van der Waals surface area contributed by atoms with Crippen LogP contribution < -0.4 is 5.73 Å². The second kappa shape index (κ2) is 3.81. The first kappa shape index (κ1) is 10.1. The third-order valence-electron chi connectivity index (χ3n) is 2.01. The summed E-state index contributed by atoms with van der Waals surface area (Å²) < 4.78 is 4.99. The van der Waals surface area contributed by atoms with E-state index in [1.807, 2.05) is 0 Å². The maximum atomic E-state index is 5.69. The molecule has 3 nitrogen and oxygen atoms in total. The first-order valence-corrected chi connectivity index (χ1v) is 4.76. The minimum absolute atomic E-state index is 0.389. The van der Waals surface area contributed by atoms with Crippen molar-refractivity contribution in [3.05, 3.63) is 11.3 Å². The number of hydrogen-bond donors (Lipinski definition) is 1. The molecule has 0 atom stereocenters. The van der Waals surface area contributed by atoms with Crippen molar-refractivity contribution >= 4 is 5.88 Å². The third kappa shape index (κ3) is 2.23. The van der Waals surface area contributed by atoms with Gasteiger partial charge in [-0.3, -0.25) is 0 Å². The van der Waals surface area contributed by atoms with E-state index in [9.17, 15) is 0 Å². The number of aromatic nitrogens is 1. The highest BCUT2D eigenvalue weighted by atomic mass is 16.5. The summed E-state index contributed by atoms with van der Waals surface area (Å²) in [5, 5.41) is 3.98. The topological polar surface area (TPSA) is 52.0 Å². The van der Waals surface area contributed by atoms with E-state index in [2.05, 4.69) is 32.9 Å². The normalized spacial score (nSPS) is 11.5. The van der Waals surface area contributed by atoms with E-state index in [4.69, 9.17) is 10.3 Å². The van der Waals surface area contributed by atoms with Crippen LogP contribution in [0.3, 0.4) is 0 Å². The molecule has 0 radical (unpaired) electrons. The smallest absolute Gasteiger partial charge is 0.225 e. The molecule has 0 aromatic carbocycles. The predicted octanol–water partition coefficient (Wildman–Crippen LogP) is 2.58. The van der Waals surface area contributed by atoms with Crippen LogP contribution in [0.5, 0.6) is 0 Å². The molecular weight excluding hydrogens is 164 g/mol. The monoisotopic (exact) mass is 182 g/mol. The molecule has 13 heavy (non-hydrogen) atoms. The van der Waals surface area contributed by atoms with Crippen LogP contribution in [0.2, 0.25) is 0 Å². The SMILES string of the molecule is CC(C)Cc1noc(N)c1C(C)C. The summed E-state index contributed by atoms with van der Waals surface area (Å²) in [5.41, 5.74) is 7.78. The van der Waals surface area contributed by atoms with E-state index in [-0.39, 0.29) is 0 Å². The van der Waals surface area contributed by atoms with E-state index in [1.54, 1.807) is 0 Å². The molecular formula is C10H18N2O. The summed E-state index contributed by atoms with van der Waals surface area (Å²) in [7, 11) is 0. The fourth-order valence-electron chi connectivity index (χ4n) is 1.50. The highest BCUT2D eigenvalue weighted by Crippen LogP contribution is 2.26. The zero-order chi connectivity index (χ0) is 10.0. The lowest BCUT2D eigenvalue weighted by molar-refractivity contribution is 0.422. The zero-order valence-electron chi connectivity index (χ0n) is 8.79. The molecule has 3 heteroatoms. The largest absolute Gasteiger partial charge is 0.367 e. The second-order valence-corrected chi connectivity index (χ2v) is 4.16. The summed E-state index contributed by atoms with van der Waals surface area (Å²) in [6, 6.07) is 0. The number of nitrogens with zero attached hydrogens (tertiary/aromatic N) is 1. The Morgan fingerprint density at radius 1 is 1.31 bits per heavy atom. The summed E-state index contributed by atoms with van der Waals surface area (Å²) >= 11 is 0. The van der Waals surface area contributed by atoms with Gasteiger partial charge in [0.1, 0.15) is 0 Å². The van der Waals surface area contributed by atoms with Gasteiger partial charge in [0.15, 0.2) is 0 Å². The fraction of sp³-hybridized carbons (Fsp3) is 0.700. The standard InChI is InChI=1S/C10H18N2O/c1-6(2)5-8-9(7(3)4)10(11)13-12-8/h6-7H,5,11H2,1-4H3. The second-order valence-electron chi connectivity index (χ2n) is 4.16. The summed E-state index contributed by atoms with van der Waals surface area (Å²) in [4.78, 5) is 0. The Bertz CT molecular complexity index is 276. The summed E-state index contributed by atoms with van der Waals surface area (Å²) in [6.45, 7) is 8.53. The van der Waals surface area contributed by atoms with Crippen LogP contribution in [0, 0.1) is 5.92 Å². The predicted molar refractivity (Wildman–Crippen MR) is 53.5 cm³/mol. The fourth-order valence-corrected chi connectivity index (χ4v) is 1.50. The van der Waals surface area contributed by atoms with Crippen LogP contribution in [-0.2, 0) is 6.42 Å². The van der Waals surface area contributed by atoms with Crippen molar-refractivity contribution in [3.63, 3.8) is 0 Å². The van der Waals surface area contributed by atoms with Gasteiger partial charge in [-0.2, -0.15) is 0 Å². The summed E-state index contributed by atoms with van der Waals surface area (Å²) in [5.74, 6) is 1.45. The minimum atomic E-state index is 0.389. The summed E-state index contributed by atoms with van der Waals surface area (Å²) in [6.07, 6.45) is 0.939. The lowest BCUT2D eigenvalue weighted by Gasteiger charge is -2.06. The molecule has 0 amide bonds. The van der Waals surface area contributed by atoms with E-state index < -0.39 is 0 Å². The average molecular weight is 182 g/mol. The Morgan fingerprint density at radius 3 is 2.38 bits per heavy atom. The van der Waals surface area contributed by atoms with Gasteiger partial charge in [0.2, 0.25) is 5.88 Å². The van der Waals surface area contributed by atoms with E-state index in [0.717, 1.165) is 17.7 Å². The Balaban J connectivity index is 2.94. The minimum Gasteiger partial charge on any atom is -0.367 e. The van der Waals surface area contributed by atoms with Crippen LogP contribution in [0.25, 0.3) is 0 Å². The van der Waals surface area contributed by atoms with E-state index in [1.165, 1.54) is 0 Å². The zero-order valence-corrected chi connectivity index (χ0v) is 8.79. The van der Waals surface area contributed by atoms with Crippen molar-refractivity contribution in [2.24, 2.45) is 5.92 Å². The van der Waals surface area contributed by atoms with Gasteiger partial charge in [0.05, 0.1) is 5.69 Å². The Morgan fingerprint density at radius 2 is 1.92 bits per heavy atom. The molecule has 1 heterocycles. The van der Waals surface area contributed by atoms with Crippen molar-refractivity contribution in [3.8, 4) is 0 Å². The van der Waals surface area contributed by atoms with E-state index in [0.29, 0.717) is 17.7 Å². The van der Waals surface area contributed by atoms with Crippen molar-refractivity contribution in [2.45, 2.75) is 40.0 Å². The van der Waals surface area contributed by atoms with Gasteiger partial charge in [0.25, 0.3) is 0 Å². The van der Waals surface area contributed by atoms with Crippen LogP contribution in [-0.4, -0.2) is 5.16 Å². The first-order valence-electron chi connectivity index (χ1n) is 4.76. The molecule has 0 spiro atoms. The molecule has 74 valence electrons. The number of anilines is 1. The van der Waals surface area contributed by atoms with Gasteiger partial charge >= 0.3 is 0 Å².